The van der Waals surface area contributed by atoms with E-state index in [0.717, 1.165) is 16.4 Å². The summed E-state index contributed by atoms with van der Waals surface area (Å²) in [6, 6.07) is 0.448. The monoisotopic (exact) mass is 262 g/mol. The molecule has 0 bridgehead atoms. The third-order valence-corrected chi connectivity index (χ3v) is 4.12. The number of aryl methyl sites for hydroxylation is 2. The maximum Gasteiger partial charge on any atom is 0.0900 e. The molecule has 5 heteroatoms. The van der Waals surface area contributed by atoms with Crippen LogP contribution in [0.25, 0.3) is 0 Å². The van der Waals surface area contributed by atoms with Crippen LogP contribution in [0, 0.1) is 13.8 Å². The number of rotatable bonds is 4. The fourth-order valence-electron chi connectivity index (χ4n) is 2.02. The minimum absolute atomic E-state index is 0.176. The van der Waals surface area contributed by atoms with Gasteiger partial charge < -0.3 is 5.32 Å². The SMILES string of the molecule is Cc1nc(C)c(C(C)NC(C)c2cnccn2)s1. The van der Waals surface area contributed by atoms with Crippen LogP contribution in [-0.4, -0.2) is 15.0 Å². The molecule has 96 valence electrons. The predicted octanol–water partition coefficient (Wildman–Crippen LogP) is 2.96. The molecule has 0 saturated heterocycles. The molecule has 2 atom stereocenters. The molecule has 0 amide bonds. The van der Waals surface area contributed by atoms with Crippen LogP contribution >= 0.6 is 11.3 Å². The van der Waals surface area contributed by atoms with Crippen LogP contribution in [0.3, 0.4) is 0 Å². The Labute approximate surface area is 112 Å². The van der Waals surface area contributed by atoms with E-state index in [4.69, 9.17) is 0 Å². The van der Waals surface area contributed by atoms with Gasteiger partial charge in [0.1, 0.15) is 0 Å². The number of hydrogen-bond donors (Lipinski definition) is 1. The summed E-state index contributed by atoms with van der Waals surface area (Å²) in [7, 11) is 0. The minimum Gasteiger partial charge on any atom is -0.301 e. The van der Waals surface area contributed by atoms with Gasteiger partial charge in [-0.3, -0.25) is 9.97 Å². The Bertz CT molecular complexity index is 509. The van der Waals surface area contributed by atoms with E-state index in [-0.39, 0.29) is 12.1 Å². The van der Waals surface area contributed by atoms with Crippen LogP contribution in [0.2, 0.25) is 0 Å². The van der Waals surface area contributed by atoms with Gasteiger partial charge in [-0.25, -0.2) is 4.98 Å². The first-order valence-electron chi connectivity index (χ1n) is 6.04. The van der Waals surface area contributed by atoms with Gasteiger partial charge in [0.05, 0.1) is 16.4 Å². The Morgan fingerprint density at radius 3 is 2.50 bits per heavy atom. The van der Waals surface area contributed by atoms with Crippen molar-refractivity contribution in [1.82, 2.24) is 20.3 Å². The Balaban J connectivity index is 2.08. The Kier molecular flexibility index (Phi) is 4.04. The fourth-order valence-corrected chi connectivity index (χ4v) is 2.96. The zero-order valence-corrected chi connectivity index (χ0v) is 12.0. The lowest BCUT2D eigenvalue weighted by Gasteiger charge is -2.18. The molecule has 4 nitrogen and oxygen atoms in total. The van der Waals surface area contributed by atoms with Gasteiger partial charge in [-0.15, -0.1) is 11.3 Å². The van der Waals surface area contributed by atoms with E-state index in [1.165, 1.54) is 4.88 Å². The smallest absolute Gasteiger partial charge is 0.0900 e. The lowest BCUT2D eigenvalue weighted by atomic mass is 10.2. The van der Waals surface area contributed by atoms with E-state index < -0.39 is 0 Å². The topological polar surface area (TPSA) is 50.7 Å². The average Bonchev–Trinajstić information content (AvgIpc) is 2.69. The molecule has 18 heavy (non-hydrogen) atoms. The summed E-state index contributed by atoms with van der Waals surface area (Å²) in [5.41, 5.74) is 2.08. The van der Waals surface area contributed by atoms with Crippen molar-refractivity contribution in [3.8, 4) is 0 Å². The highest BCUT2D eigenvalue weighted by molar-refractivity contribution is 7.11. The summed E-state index contributed by atoms with van der Waals surface area (Å²) in [6.07, 6.45) is 5.21. The van der Waals surface area contributed by atoms with E-state index in [2.05, 4.69) is 41.0 Å². The summed E-state index contributed by atoms with van der Waals surface area (Å²) in [5.74, 6) is 0. The maximum absolute atomic E-state index is 4.46. The molecule has 2 rings (SSSR count). The maximum atomic E-state index is 4.46. The van der Waals surface area contributed by atoms with Gasteiger partial charge >= 0.3 is 0 Å². The van der Waals surface area contributed by atoms with Crippen LogP contribution in [0.1, 0.15) is 47.2 Å². The van der Waals surface area contributed by atoms with E-state index in [1.807, 2.05) is 6.92 Å². The van der Waals surface area contributed by atoms with Crippen molar-refractivity contribution in [1.29, 1.82) is 0 Å². The third-order valence-electron chi connectivity index (χ3n) is 2.86. The molecule has 0 aliphatic heterocycles. The van der Waals surface area contributed by atoms with Crippen molar-refractivity contribution in [2.75, 3.05) is 0 Å². The van der Waals surface area contributed by atoms with Crippen molar-refractivity contribution in [3.63, 3.8) is 0 Å². The molecule has 2 unspecified atom stereocenters. The highest BCUT2D eigenvalue weighted by atomic mass is 32.1. The van der Waals surface area contributed by atoms with Gasteiger partial charge in [0.25, 0.3) is 0 Å². The summed E-state index contributed by atoms with van der Waals surface area (Å²) < 4.78 is 0. The van der Waals surface area contributed by atoms with Gasteiger partial charge in [-0.05, 0) is 27.7 Å². The first-order valence-corrected chi connectivity index (χ1v) is 6.85. The van der Waals surface area contributed by atoms with Crippen LogP contribution in [-0.2, 0) is 0 Å². The molecule has 0 aromatic carbocycles. The molecule has 2 aromatic heterocycles. The molecule has 0 spiro atoms. The van der Waals surface area contributed by atoms with Crippen molar-refractivity contribution >= 4 is 11.3 Å². The van der Waals surface area contributed by atoms with Crippen molar-refractivity contribution < 1.29 is 0 Å². The van der Waals surface area contributed by atoms with Crippen LogP contribution < -0.4 is 5.32 Å². The second kappa shape index (κ2) is 5.54. The second-order valence-corrected chi connectivity index (χ2v) is 5.66. The number of nitrogens with one attached hydrogen (secondary N) is 1. The van der Waals surface area contributed by atoms with Gasteiger partial charge in [-0.1, -0.05) is 0 Å². The molecular formula is C13H18N4S. The van der Waals surface area contributed by atoms with Crippen LogP contribution in [0.4, 0.5) is 0 Å². The third kappa shape index (κ3) is 2.91. The van der Waals surface area contributed by atoms with E-state index in [1.54, 1.807) is 29.9 Å². The minimum atomic E-state index is 0.176. The summed E-state index contributed by atoms with van der Waals surface area (Å²) in [6.45, 7) is 8.36. The van der Waals surface area contributed by atoms with Gasteiger partial charge in [-0.2, -0.15) is 0 Å². The van der Waals surface area contributed by atoms with Gasteiger partial charge in [0.2, 0.25) is 0 Å². The zero-order valence-electron chi connectivity index (χ0n) is 11.1. The molecule has 0 aliphatic rings. The molecule has 0 fully saturated rings. The Morgan fingerprint density at radius 1 is 1.17 bits per heavy atom. The number of aromatic nitrogens is 3. The molecular weight excluding hydrogens is 244 g/mol. The highest BCUT2D eigenvalue weighted by Crippen LogP contribution is 2.26. The van der Waals surface area contributed by atoms with Crippen molar-refractivity contribution in [2.24, 2.45) is 0 Å². The van der Waals surface area contributed by atoms with Crippen LogP contribution in [0.15, 0.2) is 18.6 Å². The molecule has 0 saturated carbocycles. The lowest BCUT2D eigenvalue weighted by molar-refractivity contribution is 0.488. The molecule has 2 heterocycles. The zero-order chi connectivity index (χ0) is 13.1. The summed E-state index contributed by atoms with van der Waals surface area (Å²) >= 11 is 1.75. The number of hydrogen-bond acceptors (Lipinski definition) is 5. The molecule has 2 aromatic rings. The second-order valence-electron chi connectivity index (χ2n) is 4.42. The molecule has 0 radical (unpaired) electrons. The Hall–Kier alpha value is -1.33. The standard InChI is InChI=1S/C13H18N4S/c1-8(12-7-14-5-6-15-12)16-9(2)13-10(3)17-11(4)18-13/h5-9,16H,1-4H3. The molecule has 0 aliphatic carbocycles. The fraction of sp³-hybridized carbons (Fsp3) is 0.462. The Morgan fingerprint density at radius 2 is 1.94 bits per heavy atom. The first kappa shape index (κ1) is 13.1. The largest absolute Gasteiger partial charge is 0.301 e. The van der Waals surface area contributed by atoms with E-state index in [9.17, 15) is 0 Å². The highest BCUT2D eigenvalue weighted by Gasteiger charge is 2.16. The summed E-state index contributed by atoms with van der Waals surface area (Å²) in [5, 5.41) is 4.65. The first-order chi connectivity index (χ1) is 8.58. The normalized spacial score (nSPS) is 14.4. The summed E-state index contributed by atoms with van der Waals surface area (Å²) in [4.78, 5) is 14.2. The van der Waals surface area contributed by atoms with Crippen LogP contribution in [0.5, 0.6) is 0 Å². The average molecular weight is 262 g/mol. The number of nitrogens with zero attached hydrogens (tertiary/aromatic N) is 3. The molecule has 1 N–H and O–H groups in total. The van der Waals surface area contributed by atoms with E-state index in [0.29, 0.717) is 0 Å². The predicted molar refractivity (Wildman–Crippen MR) is 73.6 cm³/mol. The van der Waals surface area contributed by atoms with Crippen molar-refractivity contribution in [2.45, 2.75) is 39.8 Å². The van der Waals surface area contributed by atoms with Crippen molar-refractivity contribution in [3.05, 3.63) is 39.9 Å². The lowest BCUT2D eigenvalue weighted by Crippen LogP contribution is -2.23. The van der Waals surface area contributed by atoms with Gasteiger partial charge in [0.15, 0.2) is 0 Å². The van der Waals surface area contributed by atoms with E-state index >= 15 is 0 Å². The number of thiazole rings is 1. The van der Waals surface area contributed by atoms with Gasteiger partial charge in [0, 0.05) is 35.6 Å². The quantitative estimate of drug-likeness (QED) is 0.920.